The number of hydrogen-bond donors (Lipinski definition) is 0. The van der Waals surface area contributed by atoms with Crippen LogP contribution in [-0.4, -0.2) is 30.0 Å². The summed E-state index contributed by atoms with van der Waals surface area (Å²) in [6, 6.07) is 2.87. The fraction of sp³-hybridized carbons (Fsp3) is 0.941. The van der Waals surface area contributed by atoms with Crippen LogP contribution in [0.15, 0.2) is 0 Å². The Kier molecular flexibility index (Phi) is 8.28. The van der Waals surface area contributed by atoms with Crippen LogP contribution in [0, 0.1) is 35.0 Å². The Labute approximate surface area is 138 Å². The molecule has 0 bridgehead atoms. The van der Waals surface area contributed by atoms with Gasteiger partial charge in [-0.3, -0.25) is 0 Å². The molecule has 0 aromatic carbocycles. The quantitative estimate of drug-likeness (QED) is 0.426. The fourth-order valence-corrected chi connectivity index (χ4v) is 5.05. The van der Waals surface area contributed by atoms with Crippen molar-refractivity contribution in [2.75, 3.05) is 13.2 Å². The van der Waals surface area contributed by atoms with Gasteiger partial charge in [0.1, 0.15) is 0 Å². The maximum atomic E-state index is 8.72. The Balaban J connectivity index is 2.60. The third kappa shape index (κ3) is 5.46. The molecule has 0 aromatic heterocycles. The van der Waals surface area contributed by atoms with Crippen molar-refractivity contribution in [1.82, 2.24) is 4.67 Å². The summed E-state index contributed by atoms with van der Waals surface area (Å²) in [6.45, 7) is 16.8. The summed E-state index contributed by atoms with van der Waals surface area (Å²) in [5.41, 5.74) is 0. The maximum absolute atomic E-state index is 8.72. The van der Waals surface area contributed by atoms with Crippen molar-refractivity contribution in [2.24, 2.45) is 23.7 Å². The molecule has 1 rings (SSSR count). The third-order valence-corrected chi connectivity index (χ3v) is 6.52. The molecular formula is C17H33N2O2P. The van der Waals surface area contributed by atoms with Gasteiger partial charge in [-0.05, 0) is 51.4 Å². The lowest BCUT2D eigenvalue weighted by Crippen LogP contribution is -2.33. The van der Waals surface area contributed by atoms with Crippen LogP contribution in [-0.2, 0) is 9.05 Å². The molecule has 0 aromatic rings. The lowest BCUT2D eigenvalue weighted by Gasteiger charge is -2.35. The van der Waals surface area contributed by atoms with E-state index in [4.69, 9.17) is 14.3 Å². The summed E-state index contributed by atoms with van der Waals surface area (Å²) in [7, 11) is -1.08. The van der Waals surface area contributed by atoms with Crippen molar-refractivity contribution in [3.63, 3.8) is 0 Å². The Bertz CT molecular complexity index is 360. The zero-order chi connectivity index (χ0) is 16.9. The molecule has 0 spiro atoms. The van der Waals surface area contributed by atoms with Gasteiger partial charge in [0.15, 0.2) is 0 Å². The van der Waals surface area contributed by atoms with Crippen LogP contribution in [0.25, 0.3) is 0 Å². The Morgan fingerprint density at radius 1 is 1.09 bits per heavy atom. The van der Waals surface area contributed by atoms with Gasteiger partial charge in [0.2, 0.25) is 0 Å². The van der Waals surface area contributed by atoms with Gasteiger partial charge in [0.25, 0.3) is 8.53 Å². The second-order valence-electron chi connectivity index (χ2n) is 7.19. The van der Waals surface area contributed by atoms with E-state index in [1.54, 1.807) is 0 Å². The lowest BCUT2D eigenvalue weighted by molar-refractivity contribution is 0.168. The van der Waals surface area contributed by atoms with Crippen LogP contribution in [0.1, 0.15) is 54.9 Å². The van der Waals surface area contributed by atoms with E-state index in [0.29, 0.717) is 31.0 Å². The first-order chi connectivity index (χ1) is 10.3. The first-order valence-corrected chi connectivity index (χ1v) is 9.65. The first kappa shape index (κ1) is 19.8. The van der Waals surface area contributed by atoms with Crippen molar-refractivity contribution in [3.8, 4) is 6.07 Å². The molecule has 0 saturated heterocycles. The predicted octanol–water partition coefficient (Wildman–Crippen LogP) is 4.82. The maximum Gasteiger partial charge on any atom is 0.259 e. The minimum atomic E-state index is -1.08. The molecule has 0 radical (unpaired) electrons. The normalized spacial score (nSPS) is 26.0. The summed E-state index contributed by atoms with van der Waals surface area (Å²) < 4.78 is 14.4. The van der Waals surface area contributed by atoms with Gasteiger partial charge in [-0.15, -0.1) is 0 Å². The Hall–Kier alpha value is -0.200. The van der Waals surface area contributed by atoms with E-state index in [9.17, 15) is 0 Å². The van der Waals surface area contributed by atoms with E-state index < -0.39 is 8.53 Å². The lowest BCUT2D eigenvalue weighted by atomic mass is 10.1. The highest BCUT2D eigenvalue weighted by atomic mass is 31.2. The molecule has 1 aliphatic carbocycles. The summed E-state index contributed by atoms with van der Waals surface area (Å²) in [5, 5.41) is 8.72. The van der Waals surface area contributed by atoms with Gasteiger partial charge in [0, 0.05) is 12.1 Å². The molecule has 5 heteroatoms. The van der Waals surface area contributed by atoms with Crippen molar-refractivity contribution < 1.29 is 9.05 Å². The van der Waals surface area contributed by atoms with E-state index in [0.717, 1.165) is 24.4 Å². The number of rotatable bonds is 10. The highest BCUT2D eigenvalue weighted by Gasteiger charge is 2.48. The number of hydrogen-bond acceptors (Lipinski definition) is 4. The summed E-state index contributed by atoms with van der Waals surface area (Å²) >= 11 is 0. The molecule has 1 fully saturated rings. The van der Waals surface area contributed by atoms with Gasteiger partial charge in [-0.1, -0.05) is 20.8 Å². The van der Waals surface area contributed by atoms with E-state index in [1.807, 2.05) is 0 Å². The largest absolute Gasteiger partial charge is 0.322 e. The second kappa shape index (κ2) is 9.18. The number of nitrogens with zero attached hydrogens (tertiary/aromatic N) is 2. The summed E-state index contributed by atoms with van der Waals surface area (Å²) in [4.78, 5) is 0. The molecule has 1 aliphatic rings. The number of nitriles is 1. The van der Waals surface area contributed by atoms with Crippen molar-refractivity contribution in [2.45, 2.75) is 67.0 Å². The van der Waals surface area contributed by atoms with Crippen molar-refractivity contribution >= 4 is 8.53 Å². The van der Waals surface area contributed by atoms with Crippen LogP contribution in [0.4, 0.5) is 0 Å². The standard InChI is InChI=1S/C17H33N2O2P/c1-12(2)17-15(7)16(17)11-21-22(20-10-8-9-18)19(13(3)4)14(5)6/h12-17H,8,10-11H2,1-7H3. The predicted molar refractivity (Wildman–Crippen MR) is 92.1 cm³/mol. The highest BCUT2D eigenvalue weighted by molar-refractivity contribution is 7.44. The monoisotopic (exact) mass is 328 g/mol. The van der Waals surface area contributed by atoms with Crippen LogP contribution >= 0.6 is 8.53 Å². The van der Waals surface area contributed by atoms with E-state index >= 15 is 0 Å². The minimum absolute atomic E-state index is 0.366. The molecule has 1 saturated carbocycles. The topological polar surface area (TPSA) is 45.5 Å². The van der Waals surface area contributed by atoms with E-state index in [1.165, 1.54) is 0 Å². The average Bonchev–Trinajstić information content (AvgIpc) is 3.05. The van der Waals surface area contributed by atoms with Crippen LogP contribution < -0.4 is 0 Å². The molecule has 0 aliphatic heterocycles. The molecule has 4 nitrogen and oxygen atoms in total. The minimum Gasteiger partial charge on any atom is -0.322 e. The van der Waals surface area contributed by atoms with Gasteiger partial charge < -0.3 is 9.05 Å². The smallest absolute Gasteiger partial charge is 0.259 e. The molecule has 128 valence electrons. The van der Waals surface area contributed by atoms with Crippen LogP contribution in [0.3, 0.4) is 0 Å². The second-order valence-corrected chi connectivity index (χ2v) is 8.64. The van der Waals surface area contributed by atoms with Gasteiger partial charge in [0.05, 0.1) is 25.7 Å². The fourth-order valence-electron chi connectivity index (χ4n) is 3.41. The summed E-state index contributed by atoms with van der Waals surface area (Å²) in [6.07, 6.45) is 0.417. The highest BCUT2D eigenvalue weighted by Crippen LogP contribution is 2.54. The van der Waals surface area contributed by atoms with Crippen LogP contribution in [0.5, 0.6) is 0 Å². The molecule has 4 atom stereocenters. The van der Waals surface area contributed by atoms with E-state index in [-0.39, 0.29) is 0 Å². The SMILES string of the molecule is CC(C)C1C(C)C1COP(OCCC#N)N(C(C)C)C(C)C. The van der Waals surface area contributed by atoms with Crippen LogP contribution in [0.2, 0.25) is 0 Å². The Morgan fingerprint density at radius 3 is 2.09 bits per heavy atom. The first-order valence-electron chi connectivity index (χ1n) is 8.52. The molecule has 22 heavy (non-hydrogen) atoms. The molecule has 0 amide bonds. The van der Waals surface area contributed by atoms with Gasteiger partial charge in [-0.25, -0.2) is 4.67 Å². The molecule has 0 heterocycles. The average molecular weight is 328 g/mol. The van der Waals surface area contributed by atoms with Gasteiger partial charge in [-0.2, -0.15) is 5.26 Å². The van der Waals surface area contributed by atoms with Crippen molar-refractivity contribution in [3.05, 3.63) is 0 Å². The zero-order valence-corrected chi connectivity index (χ0v) is 16.1. The molecule has 0 N–H and O–H groups in total. The van der Waals surface area contributed by atoms with Crippen molar-refractivity contribution in [1.29, 1.82) is 5.26 Å². The Morgan fingerprint density at radius 2 is 1.68 bits per heavy atom. The molecular weight excluding hydrogens is 295 g/mol. The zero-order valence-electron chi connectivity index (χ0n) is 15.2. The van der Waals surface area contributed by atoms with E-state index in [2.05, 4.69) is 59.2 Å². The van der Waals surface area contributed by atoms with Gasteiger partial charge >= 0.3 is 0 Å². The summed E-state index contributed by atoms with van der Waals surface area (Å²) in [5.74, 6) is 2.91. The third-order valence-electron chi connectivity index (χ3n) is 4.45. The molecule has 4 unspecified atom stereocenters.